The monoisotopic (exact) mass is 349 g/mol. The zero-order valence-corrected chi connectivity index (χ0v) is 14.3. The van der Waals surface area contributed by atoms with Crippen LogP contribution in [0.1, 0.15) is 12.5 Å². The van der Waals surface area contributed by atoms with Crippen LogP contribution in [0.25, 0.3) is 0 Å². The molecule has 0 radical (unpaired) electrons. The molecule has 1 fully saturated rings. The number of nitriles is 1. The highest BCUT2D eigenvalue weighted by molar-refractivity contribution is 6.30. The number of nitrogens with one attached hydrogen (secondary N) is 1. The quantitative estimate of drug-likeness (QED) is 0.351. The molecule has 0 bridgehead atoms. The molecule has 1 aliphatic heterocycles. The second-order valence-corrected chi connectivity index (χ2v) is 5.58. The number of carbonyl (C=O) groups excluding carboxylic acids is 1. The maximum absolute atomic E-state index is 12.1. The number of rotatable bonds is 7. The molecule has 0 saturated carbocycles. The van der Waals surface area contributed by atoms with Gasteiger partial charge in [-0.05, 0) is 24.6 Å². The Hall–Kier alpha value is -2.23. The maximum atomic E-state index is 12.1. The first kappa shape index (κ1) is 18.1. The van der Waals surface area contributed by atoms with E-state index in [2.05, 4.69) is 5.32 Å². The van der Waals surface area contributed by atoms with Crippen LogP contribution in [0, 0.1) is 11.3 Å². The van der Waals surface area contributed by atoms with Gasteiger partial charge in [-0.1, -0.05) is 23.7 Å². The largest absolute Gasteiger partial charge is 0.459 e. The summed E-state index contributed by atoms with van der Waals surface area (Å²) in [5.41, 5.74) is 1.03. The van der Waals surface area contributed by atoms with Crippen molar-refractivity contribution in [3.05, 3.63) is 46.2 Å². The minimum absolute atomic E-state index is 0.0158. The average Bonchev–Trinajstić information content (AvgIpc) is 3.02. The molecule has 1 aliphatic rings. The number of hydrogen-bond donors (Lipinski definition) is 1. The third-order valence-electron chi connectivity index (χ3n) is 3.49. The van der Waals surface area contributed by atoms with E-state index < -0.39 is 5.97 Å². The zero-order valence-electron chi connectivity index (χ0n) is 13.5. The highest BCUT2D eigenvalue weighted by Gasteiger charge is 2.25. The summed E-state index contributed by atoms with van der Waals surface area (Å²) in [6.07, 6.45) is 0. The van der Waals surface area contributed by atoms with Crippen molar-refractivity contribution in [3.63, 3.8) is 0 Å². The molecule has 128 valence electrons. The zero-order chi connectivity index (χ0) is 17.4. The van der Waals surface area contributed by atoms with Gasteiger partial charge in [0.25, 0.3) is 0 Å². The third kappa shape index (κ3) is 4.88. The first-order valence-corrected chi connectivity index (χ1v) is 8.16. The van der Waals surface area contributed by atoms with Crippen LogP contribution >= 0.6 is 11.6 Å². The van der Waals surface area contributed by atoms with Gasteiger partial charge in [0.15, 0.2) is 5.57 Å². The van der Waals surface area contributed by atoms with Crippen LogP contribution in [0.2, 0.25) is 5.02 Å². The number of esters is 1. The van der Waals surface area contributed by atoms with E-state index >= 15 is 0 Å². The summed E-state index contributed by atoms with van der Waals surface area (Å²) >= 11 is 5.89. The van der Waals surface area contributed by atoms with Gasteiger partial charge in [0.2, 0.25) is 0 Å². The van der Waals surface area contributed by atoms with Crippen molar-refractivity contribution in [2.45, 2.75) is 13.5 Å². The predicted molar refractivity (Wildman–Crippen MR) is 90.0 cm³/mol. The minimum atomic E-state index is -0.636. The van der Waals surface area contributed by atoms with Gasteiger partial charge in [0.05, 0.1) is 6.61 Å². The first-order valence-electron chi connectivity index (χ1n) is 7.78. The SMILES string of the molecule is CCOCCOC(=O)C(C#N)=C1NCCN1Cc1ccc(Cl)cc1. The van der Waals surface area contributed by atoms with Crippen molar-refractivity contribution >= 4 is 17.6 Å². The normalized spacial score (nSPS) is 15.6. The molecule has 2 rings (SSSR count). The van der Waals surface area contributed by atoms with Crippen LogP contribution in [0.3, 0.4) is 0 Å². The summed E-state index contributed by atoms with van der Waals surface area (Å²) in [6, 6.07) is 9.42. The molecule has 0 unspecified atom stereocenters. The number of carbonyl (C=O) groups is 1. The number of halogens is 1. The number of hydrogen-bond acceptors (Lipinski definition) is 6. The fourth-order valence-corrected chi connectivity index (χ4v) is 2.48. The molecule has 0 atom stereocenters. The number of benzene rings is 1. The standard InChI is InChI=1S/C17H20ClN3O3/c1-2-23-9-10-24-17(22)15(11-19)16-20-7-8-21(16)12-13-3-5-14(18)6-4-13/h3-6,20H,2,7-10,12H2,1H3. The summed E-state index contributed by atoms with van der Waals surface area (Å²) in [5, 5.41) is 13.1. The molecule has 0 amide bonds. The van der Waals surface area contributed by atoms with Gasteiger partial charge in [-0.3, -0.25) is 0 Å². The Bertz CT molecular complexity index is 637. The maximum Gasteiger partial charge on any atom is 0.352 e. The third-order valence-corrected chi connectivity index (χ3v) is 3.75. The predicted octanol–water partition coefficient (Wildman–Crippen LogP) is 2.06. The van der Waals surface area contributed by atoms with Crippen molar-refractivity contribution in [2.75, 3.05) is 32.9 Å². The molecule has 1 saturated heterocycles. The second kappa shape index (κ2) is 9.16. The van der Waals surface area contributed by atoms with Crippen molar-refractivity contribution in [2.24, 2.45) is 0 Å². The van der Waals surface area contributed by atoms with Crippen LogP contribution in [-0.4, -0.2) is 43.8 Å². The molecular formula is C17H20ClN3O3. The van der Waals surface area contributed by atoms with Crippen LogP contribution in [0.5, 0.6) is 0 Å². The Labute approximate surface area is 146 Å². The van der Waals surface area contributed by atoms with Crippen molar-refractivity contribution in [1.29, 1.82) is 5.26 Å². The van der Waals surface area contributed by atoms with Gasteiger partial charge >= 0.3 is 5.97 Å². The van der Waals surface area contributed by atoms with Gasteiger partial charge in [-0.15, -0.1) is 0 Å². The van der Waals surface area contributed by atoms with Crippen molar-refractivity contribution in [1.82, 2.24) is 10.2 Å². The van der Waals surface area contributed by atoms with Crippen molar-refractivity contribution in [3.8, 4) is 6.07 Å². The fourth-order valence-electron chi connectivity index (χ4n) is 2.35. The van der Waals surface area contributed by atoms with Gasteiger partial charge in [-0.25, -0.2) is 4.79 Å². The van der Waals surface area contributed by atoms with E-state index in [0.29, 0.717) is 43.7 Å². The van der Waals surface area contributed by atoms with Gasteiger partial charge in [0.1, 0.15) is 18.5 Å². The number of ether oxygens (including phenoxy) is 2. The summed E-state index contributed by atoms with van der Waals surface area (Å²) < 4.78 is 10.2. The molecule has 24 heavy (non-hydrogen) atoms. The Morgan fingerprint density at radius 1 is 1.38 bits per heavy atom. The van der Waals surface area contributed by atoms with Crippen LogP contribution in [0.4, 0.5) is 0 Å². The van der Waals surface area contributed by atoms with E-state index in [4.69, 9.17) is 21.1 Å². The Balaban J connectivity index is 2.06. The van der Waals surface area contributed by atoms with E-state index in [9.17, 15) is 10.1 Å². The molecule has 1 heterocycles. The minimum Gasteiger partial charge on any atom is -0.459 e. The lowest BCUT2D eigenvalue weighted by atomic mass is 10.2. The molecule has 1 aromatic carbocycles. The highest BCUT2D eigenvalue weighted by Crippen LogP contribution is 2.18. The van der Waals surface area contributed by atoms with Gasteiger partial charge in [-0.2, -0.15) is 5.26 Å². The van der Waals surface area contributed by atoms with E-state index in [-0.39, 0.29) is 12.2 Å². The van der Waals surface area contributed by atoms with Crippen LogP contribution < -0.4 is 5.32 Å². The first-order chi connectivity index (χ1) is 11.7. The smallest absolute Gasteiger partial charge is 0.352 e. The molecule has 1 aromatic rings. The van der Waals surface area contributed by atoms with Crippen LogP contribution in [0.15, 0.2) is 35.7 Å². The van der Waals surface area contributed by atoms with E-state index in [1.807, 2.05) is 42.2 Å². The highest BCUT2D eigenvalue weighted by atomic mass is 35.5. The van der Waals surface area contributed by atoms with Gasteiger partial charge < -0.3 is 19.7 Å². The summed E-state index contributed by atoms with van der Waals surface area (Å²) in [6.45, 7) is 4.81. The number of nitrogens with zero attached hydrogens (tertiary/aromatic N) is 2. The van der Waals surface area contributed by atoms with Crippen LogP contribution in [-0.2, 0) is 20.8 Å². The lowest BCUT2D eigenvalue weighted by molar-refractivity contribution is -0.140. The fraction of sp³-hybridized carbons (Fsp3) is 0.412. The molecule has 0 spiro atoms. The Morgan fingerprint density at radius 2 is 2.12 bits per heavy atom. The summed E-state index contributed by atoms with van der Waals surface area (Å²) in [7, 11) is 0. The molecular weight excluding hydrogens is 330 g/mol. The lowest BCUT2D eigenvalue weighted by Gasteiger charge is -2.20. The van der Waals surface area contributed by atoms with E-state index in [0.717, 1.165) is 5.56 Å². The summed E-state index contributed by atoms with van der Waals surface area (Å²) in [4.78, 5) is 14.1. The summed E-state index contributed by atoms with van der Waals surface area (Å²) in [5.74, 6) is -0.128. The molecule has 6 nitrogen and oxygen atoms in total. The van der Waals surface area contributed by atoms with E-state index in [1.54, 1.807) is 0 Å². The molecule has 1 N–H and O–H groups in total. The molecule has 7 heteroatoms. The second-order valence-electron chi connectivity index (χ2n) is 5.14. The Kier molecular flexibility index (Phi) is 6.91. The van der Waals surface area contributed by atoms with Crippen molar-refractivity contribution < 1.29 is 14.3 Å². The molecule has 0 aliphatic carbocycles. The Morgan fingerprint density at radius 3 is 2.79 bits per heavy atom. The molecule has 0 aromatic heterocycles. The topological polar surface area (TPSA) is 74.6 Å². The lowest BCUT2D eigenvalue weighted by Crippen LogP contribution is -2.25. The average molecular weight is 350 g/mol. The van der Waals surface area contributed by atoms with E-state index in [1.165, 1.54) is 0 Å². The van der Waals surface area contributed by atoms with Gasteiger partial charge in [0, 0.05) is 31.3 Å².